The number of hydrogen-bond acceptors (Lipinski definition) is 2. The van der Waals surface area contributed by atoms with Crippen molar-refractivity contribution in [3.05, 3.63) is 35.9 Å². The van der Waals surface area contributed by atoms with Crippen LogP contribution in [-0.2, 0) is 5.60 Å². The van der Waals surface area contributed by atoms with Crippen LogP contribution in [0.5, 0.6) is 0 Å². The summed E-state index contributed by atoms with van der Waals surface area (Å²) < 4.78 is 0. The Morgan fingerprint density at radius 2 is 1.57 bits per heavy atom. The van der Waals surface area contributed by atoms with E-state index in [1.54, 1.807) is 0 Å². The number of fused-ring (bicyclic) bond motifs is 5. The SMILES string of the molecule is CC(C)CCC[C@@H](C)[C@H]1CC[C@H]2[C@@H]3CC[C@@]4(O)C[C@@](O)(c5ccccc5)CC[C@]4(C)[C@H]3CC[C@]12C. The zero-order chi connectivity index (χ0) is 25.1. The summed E-state index contributed by atoms with van der Waals surface area (Å²) in [5.41, 5.74) is -0.246. The fourth-order valence-corrected chi connectivity index (χ4v) is 10.3. The van der Waals surface area contributed by atoms with Gasteiger partial charge in [0.05, 0.1) is 11.2 Å². The van der Waals surface area contributed by atoms with E-state index in [1.165, 1.54) is 44.9 Å². The first kappa shape index (κ1) is 25.8. The molecule has 0 heterocycles. The summed E-state index contributed by atoms with van der Waals surface area (Å²) in [6, 6.07) is 10.1. The van der Waals surface area contributed by atoms with Crippen molar-refractivity contribution in [3.63, 3.8) is 0 Å². The summed E-state index contributed by atoms with van der Waals surface area (Å²) in [4.78, 5) is 0. The Balaban J connectivity index is 1.33. The van der Waals surface area contributed by atoms with Crippen molar-refractivity contribution in [1.29, 1.82) is 0 Å². The first-order valence-corrected chi connectivity index (χ1v) is 15.0. The molecule has 4 saturated carbocycles. The molecule has 0 aliphatic heterocycles. The van der Waals surface area contributed by atoms with Crippen LogP contribution in [0.2, 0.25) is 0 Å². The van der Waals surface area contributed by atoms with Crippen LogP contribution in [0.1, 0.15) is 117 Å². The molecule has 1 aromatic rings. The zero-order valence-corrected chi connectivity index (χ0v) is 23.2. The molecule has 4 aliphatic rings. The molecule has 0 amide bonds. The van der Waals surface area contributed by atoms with Crippen molar-refractivity contribution in [1.82, 2.24) is 0 Å². The van der Waals surface area contributed by atoms with E-state index in [9.17, 15) is 10.2 Å². The van der Waals surface area contributed by atoms with Crippen molar-refractivity contribution in [3.8, 4) is 0 Å². The molecule has 5 rings (SSSR count). The third-order valence-corrected chi connectivity index (χ3v) is 12.4. The summed E-state index contributed by atoms with van der Waals surface area (Å²) in [6.45, 7) is 12.3. The van der Waals surface area contributed by atoms with Crippen LogP contribution < -0.4 is 0 Å². The van der Waals surface area contributed by atoms with Crippen molar-refractivity contribution >= 4 is 0 Å². The topological polar surface area (TPSA) is 40.5 Å². The van der Waals surface area contributed by atoms with Crippen molar-refractivity contribution in [2.24, 2.45) is 46.3 Å². The lowest BCUT2D eigenvalue weighted by molar-refractivity contribution is -0.241. The number of benzene rings is 1. The lowest BCUT2D eigenvalue weighted by Crippen LogP contribution is -2.64. The smallest absolute Gasteiger partial charge is 0.0924 e. The first-order valence-electron chi connectivity index (χ1n) is 15.0. The van der Waals surface area contributed by atoms with E-state index in [0.717, 1.165) is 60.8 Å². The molecule has 2 nitrogen and oxygen atoms in total. The minimum atomic E-state index is -0.893. The Bertz CT molecular complexity index is 880. The molecule has 4 aliphatic carbocycles. The quantitative estimate of drug-likeness (QED) is 0.432. The van der Waals surface area contributed by atoms with Crippen LogP contribution in [0.25, 0.3) is 0 Å². The summed E-state index contributed by atoms with van der Waals surface area (Å²) in [5, 5.41) is 23.9. The molecule has 0 spiro atoms. The van der Waals surface area contributed by atoms with E-state index in [2.05, 4.69) is 34.6 Å². The second kappa shape index (κ2) is 9.16. The van der Waals surface area contributed by atoms with Crippen molar-refractivity contribution in [2.45, 2.75) is 123 Å². The Morgan fingerprint density at radius 3 is 2.29 bits per heavy atom. The second-order valence-corrected chi connectivity index (χ2v) is 14.5. The highest BCUT2D eigenvalue weighted by Crippen LogP contribution is 2.70. The van der Waals surface area contributed by atoms with Gasteiger partial charge in [0.15, 0.2) is 0 Å². The van der Waals surface area contributed by atoms with E-state index in [0.29, 0.717) is 17.8 Å². The maximum atomic E-state index is 12.2. The fourth-order valence-electron chi connectivity index (χ4n) is 10.3. The van der Waals surface area contributed by atoms with Crippen LogP contribution >= 0.6 is 0 Å². The maximum absolute atomic E-state index is 12.2. The van der Waals surface area contributed by atoms with E-state index in [1.807, 2.05) is 30.3 Å². The third-order valence-electron chi connectivity index (χ3n) is 12.4. The van der Waals surface area contributed by atoms with Gasteiger partial charge >= 0.3 is 0 Å². The zero-order valence-electron chi connectivity index (χ0n) is 23.2. The van der Waals surface area contributed by atoms with Crippen LogP contribution in [0.3, 0.4) is 0 Å². The Morgan fingerprint density at radius 1 is 0.829 bits per heavy atom. The molecule has 0 radical (unpaired) electrons. The molecule has 1 aromatic carbocycles. The molecule has 4 fully saturated rings. The van der Waals surface area contributed by atoms with Crippen molar-refractivity contribution < 1.29 is 10.2 Å². The third kappa shape index (κ3) is 4.14. The lowest BCUT2D eigenvalue weighted by atomic mass is 9.42. The van der Waals surface area contributed by atoms with Gasteiger partial charge in [-0.1, -0.05) is 84.2 Å². The largest absolute Gasteiger partial charge is 0.389 e. The molecule has 9 atom stereocenters. The Kier molecular flexibility index (Phi) is 6.74. The normalized spacial score (nSPS) is 46.1. The molecule has 196 valence electrons. The van der Waals surface area contributed by atoms with Gasteiger partial charge in [0.1, 0.15) is 0 Å². The van der Waals surface area contributed by atoms with Gasteiger partial charge in [-0.25, -0.2) is 0 Å². The average Bonchev–Trinajstić information content (AvgIpc) is 3.17. The van der Waals surface area contributed by atoms with E-state index >= 15 is 0 Å². The van der Waals surface area contributed by atoms with Gasteiger partial charge in [0, 0.05) is 6.42 Å². The van der Waals surface area contributed by atoms with Gasteiger partial charge in [0.2, 0.25) is 0 Å². The molecule has 0 saturated heterocycles. The molecule has 0 aromatic heterocycles. The molecule has 2 N–H and O–H groups in total. The molecular weight excluding hydrogens is 428 g/mol. The van der Waals surface area contributed by atoms with Crippen LogP contribution in [-0.4, -0.2) is 15.8 Å². The van der Waals surface area contributed by atoms with Crippen LogP contribution in [0.15, 0.2) is 30.3 Å². The Hall–Kier alpha value is -0.860. The van der Waals surface area contributed by atoms with Gasteiger partial charge in [0.25, 0.3) is 0 Å². The molecule has 0 bridgehead atoms. The summed E-state index contributed by atoms with van der Waals surface area (Å²) in [5.74, 6) is 4.73. The summed E-state index contributed by atoms with van der Waals surface area (Å²) >= 11 is 0. The van der Waals surface area contributed by atoms with E-state index in [4.69, 9.17) is 0 Å². The summed E-state index contributed by atoms with van der Waals surface area (Å²) in [7, 11) is 0. The highest BCUT2D eigenvalue weighted by atomic mass is 16.3. The minimum absolute atomic E-state index is 0.0702. The van der Waals surface area contributed by atoms with E-state index in [-0.39, 0.29) is 5.41 Å². The average molecular weight is 481 g/mol. The number of aliphatic hydroxyl groups is 2. The van der Waals surface area contributed by atoms with Crippen LogP contribution in [0.4, 0.5) is 0 Å². The molecule has 35 heavy (non-hydrogen) atoms. The van der Waals surface area contributed by atoms with Gasteiger partial charge in [-0.05, 0) is 103 Å². The van der Waals surface area contributed by atoms with Gasteiger partial charge in [-0.15, -0.1) is 0 Å². The molecule has 2 heteroatoms. The van der Waals surface area contributed by atoms with Crippen molar-refractivity contribution in [2.75, 3.05) is 0 Å². The van der Waals surface area contributed by atoms with Crippen LogP contribution in [0, 0.1) is 46.3 Å². The Labute approximate surface area is 215 Å². The van der Waals surface area contributed by atoms with Gasteiger partial charge in [-0.2, -0.15) is 0 Å². The fraction of sp³-hybridized carbons (Fsp3) is 0.818. The first-order chi connectivity index (χ1) is 16.5. The molecule has 0 unspecified atom stereocenters. The second-order valence-electron chi connectivity index (χ2n) is 14.5. The van der Waals surface area contributed by atoms with Gasteiger partial charge < -0.3 is 10.2 Å². The predicted molar refractivity (Wildman–Crippen MR) is 145 cm³/mol. The minimum Gasteiger partial charge on any atom is -0.389 e. The highest BCUT2D eigenvalue weighted by molar-refractivity contribution is 5.26. The van der Waals surface area contributed by atoms with E-state index < -0.39 is 11.2 Å². The monoisotopic (exact) mass is 480 g/mol. The lowest BCUT2D eigenvalue weighted by Gasteiger charge is -2.65. The maximum Gasteiger partial charge on any atom is 0.0924 e. The number of rotatable bonds is 6. The highest BCUT2D eigenvalue weighted by Gasteiger charge is 2.66. The van der Waals surface area contributed by atoms with Gasteiger partial charge in [-0.3, -0.25) is 0 Å². The number of hydrogen-bond donors (Lipinski definition) is 2. The summed E-state index contributed by atoms with van der Waals surface area (Å²) in [6.07, 6.45) is 13.8. The molecular formula is C33H52O2. The predicted octanol–water partition coefficient (Wildman–Crippen LogP) is 8.11. The standard InChI is InChI=1S/C33H52O2/c1-23(2)10-9-11-24(3)27-14-15-28-26-16-19-33(35)22-32(34,25-12-7-6-8-13-25)21-20-31(33,5)29(26)17-18-30(27,28)4/h6-8,12-13,23-24,26-29,34-35H,9-11,14-22H2,1-5H3/t24-,26+,27-,28+,29+,30-,31-,32-,33-/m1/s1.